The van der Waals surface area contributed by atoms with E-state index in [4.69, 9.17) is 4.74 Å². The van der Waals surface area contributed by atoms with Crippen LogP contribution >= 0.6 is 0 Å². The van der Waals surface area contributed by atoms with Crippen LogP contribution in [0.1, 0.15) is 40.0 Å². The maximum Gasteiger partial charge on any atom is 0.261 e. The molecule has 1 fully saturated rings. The zero-order chi connectivity index (χ0) is 13.4. The van der Waals surface area contributed by atoms with Gasteiger partial charge < -0.3 is 4.74 Å². The monoisotopic (exact) mass is 263 g/mol. The molecule has 2 amide bonds. The van der Waals surface area contributed by atoms with Crippen LogP contribution in [0.4, 0.5) is 4.39 Å². The molecule has 0 bridgehead atoms. The molecule has 0 radical (unpaired) electrons. The van der Waals surface area contributed by atoms with Gasteiger partial charge in [0.15, 0.2) is 0 Å². The normalized spacial score (nSPS) is 22.2. The summed E-state index contributed by atoms with van der Waals surface area (Å²) in [7, 11) is 0. The lowest BCUT2D eigenvalue weighted by Gasteiger charge is -2.16. The van der Waals surface area contributed by atoms with Gasteiger partial charge in [0.05, 0.1) is 17.2 Å². The number of hydrogen-bond acceptors (Lipinski definition) is 3. The van der Waals surface area contributed by atoms with Crippen molar-refractivity contribution in [2.24, 2.45) is 0 Å². The Labute approximate surface area is 110 Å². The number of imide groups is 1. The molecule has 0 spiro atoms. The van der Waals surface area contributed by atoms with Crippen LogP contribution in [-0.4, -0.2) is 36.0 Å². The highest BCUT2D eigenvalue weighted by atomic mass is 19.1. The number of ether oxygens (including phenoxy) is 1. The van der Waals surface area contributed by atoms with Crippen molar-refractivity contribution in [1.29, 1.82) is 0 Å². The van der Waals surface area contributed by atoms with E-state index in [1.807, 2.05) is 0 Å². The van der Waals surface area contributed by atoms with E-state index in [1.54, 1.807) is 0 Å². The van der Waals surface area contributed by atoms with Gasteiger partial charge in [-0.2, -0.15) is 0 Å². The standard InChI is InChI=1S/C14H14FNO3/c15-9-3-4-11-12(8-9)14(18)16(13(11)17)6-5-10-2-1-7-19-10/h3-4,8,10H,1-2,5-7H2/t10-/m1/s1. The first kappa shape index (κ1) is 12.3. The van der Waals surface area contributed by atoms with Gasteiger partial charge in [0, 0.05) is 13.2 Å². The third-order valence-electron chi connectivity index (χ3n) is 3.63. The number of halogens is 1. The van der Waals surface area contributed by atoms with Crippen LogP contribution in [0.3, 0.4) is 0 Å². The highest BCUT2D eigenvalue weighted by molar-refractivity contribution is 6.21. The van der Waals surface area contributed by atoms with Crippen LogP contribution in [0.25, 0.3) is 0 Å². The maximum atomic E-state index is 13.1. The second-order valence-electron chi connectivity index (χ2n) is 4.88. The second kappa shape index (κ2) is 4.74. The van der Waals surface area contributed by atoms with Gasteiger partial charge in [0.25, 0.3) is 11.8 Å². The zero-order valence-electron chi connectivity index (χ0n) is 10.4. The summed E-state index contributed by atoms with van der Waals surface area (Å²) in [5, 5.41) is 0. The lowest BCUT2D eigenvalue weighted by molar-refractivity contribution is 0.0592. The molecule has 0 saturated carbocycles. The number of benzene rings is 1. The van der Waals surface area contributed by atoms with Crippen LogP contribution in [0.2, 0.25) is 0 Å². The van der Waals surface area contributed by atoms with Crippen molar-refractivity contribution in [2.75, 3.05) is 13.2 Å². The molecule has 0 aromatic heterocycles. The Morgan fingerprint density at radius 3 is 2.79 bits per heavy atom. The highest BCUT2D eigenvalue weighted by Gasteiger charge is 2.35. The van der Waals surface area contributed by atoms with E-state index < -0.39 is 11.7 Å². The molecule has 1 atom stereocenters. The van der Waals surface area contributed by atoms with Gasteiger partial charge in [-0.25, -0.2) is 4.39 Å². The fourth-order valence-electron chi connectivity index (χ4n) is 2.61. The van der Waals surface area contributed by atoms with E-state index >= 15 is 0 Å². The highest BCUT2D eigenvalue weighted by Crippen LogP contribution is 2.25. The fourth-order valence-corrected chi connectivity index (χ4v) is 2.61. The Bertz CT molecular complexity index is 537. The minimum Gasteiger partial charge on any atom is -0.378 e. The van der Waals surface area contributed by atoms with Crippen LogP contribution in [0.5, 0.6) is 0 Å². The van der Waals surface area contributed by atoms with E-state index in [1.165, 1.54) is 17.0 Å². The molecule has 2 aliphatic heterocycles. The molecule has 4 nitrogen and oxygen atoms in total. The Kier molecular flexibility index (Phi) is 3.06. The fraction of sp³-hybridized carbons (Fsp3) is 0.429. The lowest BCUT2D eigenvalue weighted by Crippen LogP contribution is -2.32. The number of rotatable bonds is 3. The van der Waals surface area contributed by atoms with Crippen LogP contribution in [-0.2, 0) is 4.74 Å². The number of carbonyl (C=O) groups is 2. The molecule has 19 heavy (non-hydrogen) atoms. The molecule has 0 N–H and O–H groups in total. The van der Waals surface area contributed by atoms with Crippen molar-refractivity contribution in [1.82, 2.24) is 4.90 Å². The van der Waals surface area contributed by atoms with Gasteiger partial charge in [0.1, 0.15) is 5.82 Å². The van der Waals surface area contributed by atoms with Gasteiger partial charge in [-0.1, -0.05) is 0 Å². The van der Waals surface area contributed by atoms with E-state index in [9.17, 15) is 14.0 Å². The Hall–Kier alpha value is -1.75. The van der Waals surface area contributed by atoms with Gasteiger partial charge in [-0.05, 0) is 37.5 Å². The number of nitrogens with zero attached hydrogens (tertiary/aromatic N) is 1. The summed E-state index contributed by atoms with van der Waals surface area (Å²) < 4.78 is 18.6. The molecule has 1 saturated heterocycles. The molecule has 0 unspecified atom stereocenters. The topological polar surface area (TPSA) is 46.6 Å². The van der Waals surface area contributed by atoms with Gasteiger partial charge in [-0.15, -0.1) is 0 Å². The van der Waals surface area contributed by atoms with E-state index in [0.717, 1.165) is 25.5 Å². The van der Waals surface area contributed by atoms with Crippen molar-refractivity contribution >= 4 is 11.8 Å². The van der Waals surface area contributed by atoms with Crippen molar-refractivity contribution in [3.8, 4) is 0 Å². The van der Waals surface area contributed by atoms with E-state index in [0.29, 0.717) is 18.5 Å². The average Bonchev–Trinajstić information content (AvgIpc) is 2.98. The summed E-state index contributed by atoms with van der Waals surface area (Å²) >= 11 is 0. The third kappa shape index (κ3) is 2.14. The van der Waals surface area contributed by atoms with E-state index in [-0.39, 0.29) is 17.6 Å². The molecule has 1 aromatic carbocycles. The maximum absolute atomic E-state index is 13.1. The summed E-state index contributed by atoms with van der Waals surface area (Å²) in [6.07, 6.45) is 2.77. The summed E-state index contributed by atoms with van der Waals surface area (Å²) in [5.41, 5.74) is 0.455. The first-order valence-electron chi connectivity index (χ1n) is 6.44. The van der Waals surface area contributed by atoms with Crippen LogP contribution in [0.15, 0.2) is 18.2 Å². The molecule has 0 aliphatic carbocycles. The predicted octanol–water partition coefficient (Wildman–Crippen LogP) is 1.99. The van der Waals surface area contributed by atoms with Crippen molar-refractivity contribution < 1.29 is 18.7 Å². The molecule has 3 rings (SSSR count). The molecule has 2 aliphatic rings. The quantitative estimate of drug-likeness (QED) is 0.783. The van der Waals surface area contributed by atoms with Crippen molar-refractivity contribution in [3.63, 3.8) is 0 Å². The molecule has 5 heteroatoms. The Morgan fingerprint density at radius 1 is 1.26 bits per heavy atom. The van der Waals surface area contributed by atoms with Crippen molar-refractivity contribution in [2.45, 2.75) is 25.4 Å². The third-order valence-corrected chi connectivity index (χ3v) is 3.63. The average molecular weight is 263 g/mol. The Morgan fingerprint density at radius 2 is 2.05 bits per heavy atom. The largest absolute Gasteiger partial charge is 0.378 e. The van der Waals surface area contributed by atoms with E-state index in [2.05, 4.69) is 0 Å². The molecular formula is C14H14FNO3. The second-order valence-corrected chi connectivity index (χ2v) is 4.88. The number of fused-ring (bicyclic) bond motifs is 1. The van der Waals surface area contributed by atoms with Gasteiger partial charge in [0.2, 0.25) is 0 Å². The smallest absolute Gasteiger partial charge is 0.261 e. The van der Waals surface area contributed by atoms with Gasteiger partial charge >= 0.3 is 0 Å². The summed E-state index contributed by atoms with van der Waals surface area (Å²) in [6.45, 7) is 1.08. The molecule has 2 heterocycles. The minimum atomic E-state index is -0.499. The first-order chi connectivity index (χ1) is 9.16. The molecule has 100 valence electrons. The number of hydrogen-bond donors (Lipinski definition) is 0. The summed E-state index contributed by atoms with van der Waals surface area (Å²) in [5.74, 6) is -1.24. The lowest BCUT2D eigenvalue weighted by atomic mass is 10.1. The summed E-state index contributed by atoms with van der Waals surface area (Å²) in [6, 6.07) is 3.70. The zero-order valence-corrected chi connectivity index (χ0v) is 10.4. The number of amides is 2. The predicted molar refractivity (Wildman–Crippen MR) is 65.4 cm³/mol. The van der Waals surface area contributed by atoms with Gasteiger partial charge in [-0.3, -0.25) is 14.5 Å². The number of carbonyl (C=O) groups excluding carboxylic acids is 2. The SMILES string of the molecule is O=C1c2ccc(F)cc2C(=O)N1CC[C@H]1CCCO1. The summed E-state index contributed by atoms with van der Waals surface area (Å²) in [4.78, 5) is 25.3. The molecule has 1 aromatic rings. The minimum absolute atomic E-state index is 0.126. The Balaban J connectivity index is 1.74. The van der Waals surface area contributed by atoms with Crippen molar-refractivity contribution in [3.05, 3.63) is 35.1 Å². The first-order valence-corrected chi connectivity index (χ1v) is 6.44. The van der Waals surface area contributed by atoms with Crippen LogP contribution < -0.4 is 0 Å². The van der Waals surface area contributed by atoms with Crippen LogP contribution in [0, 0.1) is 5.82 Å². The molecular weight excluding hydrogens is 249 g/mol.